The van der Waals surface area contributed by atoms with Crippen LogP contribution >= 0.6 is 11.6 Å². The van der Waals surface area contributed by atoms with Crippen molar-refractivity contribution in [2.45, 2.75) is 25.9 Å². The van der Waals surface area contributed by atoms with Crippen LogP contribution in [0.2, 0.25) is 5.02 Å². The quantitative estimate of drug-likeness (QED) is 0.854. The summed E-state index contributed by atoms with van der Waals surface area (Å²) in [4.78, 5) is 23.5. The van der Waals surface area contributed by atoms with Crippen molar-refractivity contribution in [3.05, 3.63) is 70.7 Å². The van der Waals surface area contributed by atoms with E-state index in [2.05, 4.69) is 10.6 Å². The Morgan fingerprint density at radius 2 is 1.70 bits per heavy atom. The molecule has 0 heterocycles. The van der Waals surface area contributed by atoms with Crippen molar-refractivity contribution in [1.29, 1.82) is 0 Å². The van der Waals surface area contributed by atoms with E-state index in [1.165, 1.54) is 6.92 Å². The molecule has 0 spiro atoms. The normalized spacial score (nSPS) is 11.6. The van der Waals surface area contributed by atoms with Gasteiger partial charge in [0.1, 0.15) is 0 Å². The number of carbonyl (C=O) groups is 2. The Morgan fingerprint density at radius 1 is 1.04 bits per heavy atom. The highest BCUT2D eigenvalue weighted by molar-refractivity contribution is 6.30. The maximum atomic E-state index is 12.2. The molecule has 1 unspecified atom stereocenters. The SMILES string of the molecule is CC(=O)NC(CC(=O)NCc1ccccc1)c1ccc(Cl)cc1. The fourth-order valence-electron chi connectivity index (χ4n) is 2.25. The van der Waals surface area contributed by atoms with E-state index >= 15 is 0 Å². The Morgan fingerprint density at radius 3 is 2.30 bits per heavy atom. The predicted octanol–water partition coefficient (Wildman–Crippen LogP) is 3.22. The predicted molar refractivity (Wildman–Crippen MR) is 90.9 cm³/mol. The molecule has 4 nitrogen and oxygen atoms in total. The van der Waals surface area contributed by atoms with Gasteiger partial charge in [-0.25, -0.2) is 0 Å². The molecule has 0 saturated heterocycles. The van der Waals surface area contributed by atoms with Crippen molar-refractivity contribution in [3.63, 3.8) is 0 Å². The lowest BCUT2D eigenvalue weighted by molar-refractivity contribution is -0.122. The van der Waals surface area contributed by atoms with Crippen LogP contribution in [0.15, 0.2) is 54.6 Å². The van der Waals surface area contributed by atoms with E-state index in [4.69, 9.17) is 11.6 Å². The molecular formula is C18H19ClN2O2. The molecular weight excluding hydrogens is 312 g/mol. The van der Waals surface area contributed by atoms with E-state index in [-0.39, 0.29) is 24.3 Å². The Bertz CT molecular complexity index is 656. The van der Waals surface area contributed by atoms with Crippen molar-refractivity contribution in [1.82, 2.24) is 10.6 Å². The molecule has 0 aliphatic rings. The van der Waals surface area contributed by atoms with Crippen LogP contribution in [0.1, 0.15) is 30.5 Å². The lowest BCUT2D eigenvalue weighted by atomic mass is 10.0. The minimum absolute atomic E-state index is 0.123. The molecule has 2 amide bonds. The van der Waals surface area contributed by atoms with Gasteiger partial charge in [-0.2, -0.15) is 0 Å². The molecule has 0 aliphatic heterocycles. The van der Waals surface area contributed by atoms with Crippen molar-refractivity contribution in [3.8, 4) is 0 Å². The maximum absolute atomic E-state index is 12.2. The summed E-state index contributed by atoms with van der Waals surface area (Å²) in [5.41, 5.74) is 1.88. The number of halogens is 1. The first-order chi connectivity index (χ1) is 11.0. The lowest BCUT2D eigenvalue weighted by Crippen LogP contribution is -2.32. The van der Waals surface area contributed by atoms with Gasteiger partial charge in [-0.3, -0.25) is 9.59 Å². The van der Waals surface area contributed by atoms with E-state index in [1.807, 2.05) is 42.5 Å². The van der Waals surface area contributed by atoms with Gasteiger partial charge in [-0.15, -0.1) is 0 Å². The third-order valence-electron chi connectivity index (χ3n) is 3.37. The summed E-state index contributed by atoms with van der Waals surface area (Å²) in [5, 5.41) is 6.28. The van der Waals surface area contributed by atoms with Crippen molar-refractivity contribution >= 4 is 23.4 Å². The molecule has 0 fully saturated rings. The maximum Gasteiger partial charge on any atom is 0.222 e. The zero-order chi connectivity index (χ0) is 16.7. The van der Waals surface area contributed by atoms with Crippen molar-refractivity contribution in [2.24, 2.45) is 0 Å². The number of benzene rings is 2. The molecule has 0 aliphatic carbocycles. The molecule has 1 atom stereocenters. The number of hydrogen-bond acceptors (Lipinski definition) is 2. The minimum atomic E-state index is -0.374. The Hall–Kier alpha value is -2.33. The second kappa shape index (κ2) is 8.34. The fourth-order valence-corrected chi connectivity index (χ4v) is 2.37. The van der Waals surface area contributed by atoms with E-state index in [1.54, 1.807) is 12.1 Å². The minimum Gasteiger partial charge on any atom is -0.352 e. The first-order valence-corrected chi connectivity index (χ1v) is 7.75. The van der Waals surface area contributed by atoms with E-state index in [9.17, 15) is 9.59 Å². The van der Waals surface area contributed by atoms with Gasteiger partial charge < -0.3 is 10.6 Å². The molecule has 2 aromatic rings. The van der Waals surface area contributed by atoms with Gasteiger partial charge in [-0.1, -0.05) is 54.1 Å². The Labute approximate surface area is 140 Å². The molecule has 0 radical (unpaired) electrons. The number of hydrogen-bond donors (Lipinski definition) is 2. The van der Waals surface area contributed by atoms with E-state index < -0.39 is 0 Å². The zero-order valence-corrected chi connectivity index (χ0v) is 13.6. The van der Waals surface area contributed by atoms with Crippen molar-refractivity contribution < 1.29 is 9.59 Å². The van der Waals surface area contributed by atoms with Crippen LogP contribution in [-0.2, 0) is 16.1 Å². The van der Waals surface area contributed by atoms with Crippen LogP contribution in [0.4, 0.5) is 0 Å². The van der Waals surface area contributed by atoms with Gasteiger partial charge in [0, 0.05) is 18.5 Å². The molecule has 5 heteroatoms. The Kier molecular flexibility index (Phi) is 6.18. The third kappa shape index (κ3) is 5.75. The third-order valence-corrected chi connectivity index (χ3v) is 3.62. The van der Waals surface area contributed by atoms with Gasteiger partial charge in [-0.05, 0) is 23.3 Å². The largest absolute Gasteiger partial charge is 0.352 e. The first-order valence-electron chi connectivity index (χ1n) is 7.38. The van der Waals surface area contributed by atoms with Gasteiger partial charge in [0.2, 0.25) is 11.8 Å². The topological polar surface area (TPSA) is 58.2 Å². The highest BCUT2D eigenvalue weighted by Gasteiger charge is 2.17. The first kappa shape index (κ1) is 17.0. The average Bonchev–Trinajstić information content (AvgIpc) is 2.53. The number of amides is 2. The van der Waals surface area contributed by atoms with E-state index in [0.717, 1.165) is 11.1 Å². The monoisotopic (exact) mass is 330 g/mol. The van der Waals surface area contributed by atoms with Crippen LogP contribution in [0.3, 0.4) is 0 Å². The number of carbonyl (C=O) groups excluding carboxylic acids is 2. The second-order valence-electron chi connectivity index (χ2n) is 5.27. The average molecular weight is 331 g/mol. The molecule has 0 aromatic heterocycles. The second-order valence-corrected chi connectivity index (χ2v) is 5.71. The lowest BCUT2D eigenvalue weighted by Gasteiger charge is -2.18. The summed E-state index contributed by atoms with van der Waals surface area (Å²) in [6, 6.07) is 16.4. The molecule has 120 valence electrons. The van der Waals surface area contributed by atoms with Crippen LogP contribution in [-0.4, -0.2) is 11.8 Å². The molecule has 2 rings (SSSR count). The molecule has 23 heavy (non-hydrogen) atoms. The summed E-state index contributed by atoms with van der Waals surface area (Å²) in [6.07, 6.45) is 0.175. The molecule has 2 aromatic carbocycles. The summed E-state index contributed by atoms with van der Waals surface area (Å²) >= 11 is 5.88. The zero-order valence-electron chi connectivity index (χ0n) is 12.9. The fraction of sp³-hybridized carbons (Fsp3) is 0.222. The van der Waals surface area contributed by atoms with Crippen LogP contribution in [0, 0.1) is 0 Å². The molecule has 0 saturated carbocycles. The highest BCUT2D eigenvalue weighted by atomic mass is 35.5. The summed E-state index contributed by atoms with van der Waals surface area (Å²) in [6.45, 7) is 1.90. The summed E-state index contributed by atoms with van der Waals surface area (Å²) in [7, 11) is 0. The summed E-state index contributed by atoms with van der Waals surface area (Å²) in [5.74, 6) is -0.302. The van der Waals surface area contributed by atoms with Crippen molar-refractivity contribution in [2.75, 3.05) is 0 Å². The van der Waals surface area contributed by atoms with Crippen LogP contribution in [0.25, 0.3) is 0 Å². The molecule has 2 N–H and O–H groups in total. The van der Waals surface area contributed by atoms with Gasteiger partial charge in [0.15, 0.2) is 0 Å². The number of rotatable bonds is 6. The van der Waals surface area contributed by atoms with Gasteiger partial charge >= 0.3 is 0 Å². The van der Waals surface area contributed by atoms with E-state index in [0.29, 0.717) is 11.6 Å². The molecule has 0 bridgehead atoms. The van der Waals surface area contributed by atoms with Gasteiger partial charge in [0.25, 0.3) is 0 Å². The van der Waals surface area contributed by atoms with Crippen LogP contribution in [0.5, 0.6) is 0 Å². The van der Waals surface area contributed by atoms with Crippen LogP contribution < -0.4 is 10.6 Å². The summed E-state index contributed by atoms with van der Waals surface area (Å²) < 4.78 is 0. The standard InChI is InChI=1S/C18H19ClN2O2/c1-13(22)21-17(15-7-9-16(19)10-8-15)11-18(23)20-12-14-5-3-2-4-6-14/h2-10,17H,11-12H2,1H3,(H,20,23)(H,21,22). The van der Waals surface area contributed by atoms with Gasteiger partial charge in [0.05, 0.1) is 12.5 Å². The highest BCUT2D eigenvalue weighted by Crippen LogP contribution is 2.19. The number of nitrogens with one attached hydrogen (secondary N) is 2. The Balaban J connectivity index is 1.98. The smallest absolute Gasteiger partial charge is 0.222 e.